The maximum atomic E-state index is 13.4. The summed E-state index contributed by atoms with van der Waals surface area (Å²) in [6.45, 7) is 12.7. The molecule has 0 spiro atoms. The number of anilines is 1. The molecular weight excluding hydrogens is 444 g/mol. The summed E-state index contributed by atoms with van der Waals surface area (Å²) in [7, 11) is 3.39. The Balaban J connectivity index is 2.65. The Labute approximate surface area is 188 Å². The van der Waals surface area contributed by atoms with Gasteiger partial charge in [0.2, 0.25) is 5.43 Å². The van der Waals surface area contributed by atoms with Crippen molar-refractivity contribution in [2.75, 3.05) is 12.4 Å². The van der Waals surface area contributed by atoms with Gasteiger partial charge in [-0.25, -0.2) is 0 Å². The van der Waals surface area contributed by atoms with E-state index in [1.807, 2.05) is 18.5 Å². The zero-order chi connectivity index (χ0) is 22.8. The first-order valence-electron chi connectivity index (χ1n) is 10.3. The summed E-state index contributed by atoms with van der Waals surface area (Å²) in [6, 6.07) is 4.32. The predicted molar refractivity (Wildman–Crippen MR) is 127 cm³/mol. The first-order chi connectivity index (χ1) is 14.0. The lowest BCUT2D eigenvalue weighted by Crippen LogP contribution is -2.29. The first kappa shape index (κ1) is 24.4. The third kappa shape index (κ3) is 4.70. The molecule has 2 aromatic rings. The number of aromatic nitrogens is 1. The zero-order valence-corrected chi connectivity index (χ0v) is 20.9. The normalized spacial score (nSPS) is 11.6. The monoisotopic (exact) mass is 476 g/mol. The molecule has 0 atom stereocenters. The van der Waals surface area contributed by atoms with Gasteiger partial charge in [0.1, 0.15) is 5.56 Å². The van der Waals surface area contributed by atoms with E-state index >= 15 is 0 Å². The summed E-state index contributed by atoms with van der Waals surface area (Å²) in [5, 5.41) is 3.06. The summed E-state index contributed by atoms with van der Waals surface area (Å²) in [4.78, 5) is 26.4. The van der Waals surface area contributed by atoms with Crippen LogP contribution in [0, 0.1) is 6.92 Å². The second-order valence-electron chi connectivity index (χ2n) is 8.62. The van der Waals surface area contributed by atoms with E-state index < -0.39 is 5.91 Å². The van der Waals surface area contributed by atoms with E-state index in [0.717, 1.165) is 35.3 Å². The Kier molecular flexibility index (Phi) is 7.69. The van der Waals surface area contributed by atoms with Crippen LogP contribution in [0.3, 0.4) is 0 Å². The zero-order valence-electron chi connectivity index (χ0n) is 19.3. The molecule has 0 saturated heterocycles. The average Bonchev–Trinajstić information content (AvgIpc) is 2.69. The van der Waals surface area contributed by atoms with Crippen molar-refractivity contribution in [1.29, 1.82) is 0 Å². The van der Waals surface area contributed by atoms with Crippen LogP contribution in [0.15, 0.2) is 21.4 Å². The molecule has 1 amide bonds. The molecule has 1 heterocycles. The lowest BCUT2D eigenvalue weighted by Gasteiger charge is -2.24. The Morgan fingerprint density at radius 2 is 1.70 bits per heavy atom. The van der Waals surface area contributed by atoms with E-state index in [1.54, 1.807) is 7.11 Å². The minimum absolute atomic E-state index is 0.0137. The topological polar surface area (TPSA) is 60.3 Å². The fraction of sp³-hybridized carbons (Fsp3) is 0.500. The molecule has 0 fully saturated rings. The summed E-state index contributed by atoms with van der Waals surface area (Å²) in [6.07, 6.45) is 1.57. The molecule has 1 N–H and O–H groups in total. The van der Waals surface area contributed by atoms with E-state index in [0.29, 0.717) is 10.2 Å². The summed E-state index contributed by atoms with van der Waals surface area (Å²) >= 11 is 3.35. The second kappa shape index (κ2) is 9.48. The Morgan fingerprint density at radius 3 is 2.13 bits per heavy atom. The van der Waals surface area contributed by atoms with Gasteiger partial charge in [-0.1, -0.05) is 46.8 Å². The number of carbonyl (C=O) groups excluding carboxylic acids is 1. The van der Waals surface area contributed by atoms with Crippen LogP contribution >= 0.6 is 15.9 Å². The third-order valence-corrected chi connectivity index (χ3v) is 6.55. The van der Waals surface area contributed by atoms with Gasteiger partial charge in [0.05, 0.1) is 16.8 Å². The minimum Gasteiger partial charge on any atom is -0.378 e. The molecule has 1 aromatic heterocycles. The third-order valence-electron chi connectivity index (χ3n) is 5.62. The number of methoxy groups -OCH3 is 1. The number of hydrogen-bond acceptors (Lipinski definition) is 3. The average molecular weight is 477 g/mol. The van der Waals surface area contributed by atoms with Crippen LogP contribution in [0.2, 0.25) is 0 Å². The molecule has 2 rings (SSSR count). The smallest absolute Gasteiger partial charge is 0.261 e. The maximum Gasteiger partial charge on any atom is 0.261 e. The van der Waals surface area contributed by atoms with E-state index in [1.165, 1.54) is 5.56 Å². The van der Waals surface area contributed by atoms with Crippen molar-refractivity contribution in [2.45, 2.75) is 66.4 Å². The molecule has 5 nitrogen and oxygen atoms in total. The fourth-order valence-corrected chi connectivity index (χ4v) is 4.02. The predicted octanol–water partition coefficient (Wildman–Crippen LogP) is 5.28. The molecule has 164 valence electrons. The molecule has 0 aliphatic carbocycles. The SMILES string of the molecule is CCc1cc(C(C)(C)C)cc(CC)c1NC(=O)c1c(COC)n(C)c(C)c(Br)c1=O. The van der Waals surface area contributed by atoms with Crippen LogP contribution in [-0.2, 0) is 36.6 Å². The van der Waals surface area contributed by atoms with Crippen LogP contribution in [0.1, 0.15) is 73.1 Å². The number of pyridine rings is 1. The number of aryl methyl sites for hydroxylation is 2. The van der Waals surface area contributed by atoms with Gasteiger partial charge in [0.25, 0.3) is 5.91 Å². The van der Waals surface area contributed by atoms with E-state index in [4.69, 9.17) is 4.74 Å². The van der Waals surface area contributed by atoms with Gasteiger partial charge in [-0.15, -0.1) is 0 Å². The Morgan fingerprint density at radius 1 is 1.17 bits per heavy atom. The second-order valence-corrected chi connectivity index (χ2v) is 9.42. The van der Waals surface area contributed by atoms with Gasteiger partial charge in [-0.2, -0.15) is 0 Å². The van der Waals surface area contributed by atoms with Crippen LogP contribution in [0.25, 0.3) is 0 Å². The molecule has 30 heavy (non-hydrogen) atoms. The molecule has 0 aliphatic rings. The molecule has 0 unspecified atom stereocenters. The fourth-order valence-electron chi connectivity index (χ4n) is 3.56. The molecular formula is C24H33BrN2O3. The quantitative estimate of drug-likeness (QED) is 0.616. The number of halogens is 1. The first-order valence-corrected chi connectivity index (χ1v) is 11.1. The van der Waals surface area contributed by atoms with E-state index in [9.17, 15) is 9.59 Å². The molecule has 6 heteroatoms. The number of ether oxygens (including phenoxy) is 1. The van der Waals surface area contributed by atoms with Crippen LogP contribution in [-0.4, -0.2) is 17.6 Å². The van der Waals surface area contributed by atoms with Gasteiger partial charge in [-0.3, -0.25) is 9.59 Å². The van der Waals surface area contributed by atoms with Crippen molar-refractivity contribution in [3.63, 3.8) is 0 Å². The van der Waals surface area contributed by atoms with Crippen molar-refractivity contribution in [1.82, 2.24) is 4.57 Å². The number of carbonyl (C=O) groups is 1. The van der Waals surface area contributed by atoms with Gasteiger partial charge in [-0.05, 0) is 57.8 Å². The van der Waals surface area contributed by atoms with Gasteiger partial charge >= 0.3 is 0 Å². The summed E-state index contributed by atoms with van der Waals surface area (Å²) < 4.78 is 7.51. The number of nitrogens with one attached hydrogen (secondary N) is 1. The van der Waals surface area contributed by atoms with Crippen LogP contribution in [0.4, 0.5) is 5.69 Å². The molecule has 0 bridgehead atoms. The number of amides is 1. The molecule has 0 aliphatic heterocycles. The largest absolute Gasteiger partial charge is 0.378 e. The highest BCUT2D eigenvalue weighted by Gasteiger charge is 2.24. The summed E-state index contributed by atoms with van der Waals surface area (Å²) in [5.74, 6) is -0.406. The van der Waals surface area contributed by atoms with Crippen LogP contribution < -0.4 is 10.7 Å². The highest BCUT2D eigenvalue weighted by atomic mass is 79.9. The number of hydrogen-bond donors (Lipinski definition) is 1. The summed E-state index contributed by atoms with van der Waals surface area (Å²) in [5.41, 5.74) is 5.30. The van der Waals surface area contributed by atoms with E-state index in [-0.39, 0.29) is 23.0 Å². The number of nitrogens with zero attached hydrogens (tertiary/aromatic N) is 1. The van der Waals surface area contributed by atoms with Crippen molar-refractivity contribution < 1.29 is 9.53 Å². The lowest BCUT2D eigenvalue weighted by molar-refractivity contribution is 0.101. The maximum absolute atomic E-state index is 13.4. The van der Waals surface area contributed by atoms with Crippen molar-refractivity contribution in [3.05, 3.63) is 60.5 Å². The number of rotatable bonds is 6. The number of benzene rings is 1. The van der Waals surface area contributed by atoms with Crippen molar-refractivity contribution in [2.24, 2.45) is 7.05 Å². The molecule has 0 saturated carbocycles. The van der Waals surface area contributed by atoms with E-state index in [2.05, 4.69) is 68.0 Å². The van der Waals surface area contributed by atoms with Crippen molar-refractivity contribution >= 4 is 27.5 Å². The van der Waals surface area contributed by atoms with Gasteiger partial charge < -0.3 is 14.6 Å². The molecule has 0 radical (unpaired) electrons. The Hall–Kier alpha value is -1.92. The van der Waals surface area contributed by atoms with Gasteiger partial charge in [0, 0.05) is 25.5 Å². The standard InChI is InChI=1S/C24H33BrN2O3/c1-9-15-11-17(24(4,5)6)12-16(10-2)21(15)26-23(29)19-18(13-30-8)27(7)14(3)20(25)22(19)28/h11-12H,9-10,13H2,1-8H3,(H,26,29). The minimum atomic E-state index is -0.406. The van der Waals surface area contributed by atoms with Crippen molar-refractivity contribution in [3.8, 4) is 0 Å². The highest BCUT2D eigenvalue weighted by molar-refractivity contribution is 9.10. The van der Waals surface area contributed by atoms with Gasteiger partial charge in [0.15, 0.2) is 0 Å². The lowest BCUT2D eigenvalue weighted by atomic mass is 9.83. The Bertz CT molecular complexity index is 992. The molecule has 1 aromatic carbocycles. The van der Waals surface area contributed by atoms with Crippen LogP contribution in [0.5, 0.6) is 0 Å². The highest BCUT2D eigenvalue weighted by Crippen LogP contribution is 2.31.